The Balaban J connectivity index is 2.49. The van der Waals surface area contributed by atoms with E-state index in [2.05, 4.69) is 11.8 Å². The fraction of sp³-hybridized carbons (Fsp3) is 1.00. The smallest absolute Gasteiger partial charge is 0.0928 e. The normalized spacial score (nSPS) is 30.9. The lowest BCUT2D eigenvalue weighted by Crippen LogP contribution is -2.44. The number of ether oxygens (including phenoxy) is 1. The molecule has 1 saturated heterocycles. The molecule has 3 nitrogen and oxygen atoms in total. The number of hydrogen-bond acceptors (Lipinski definition) is 3. The van der Waals surface area contributed by atoms with Crippen LogP contribution in [0.4, 0.5) is 0 Å². The van der Waals surface area contributed by atoms with E-state index in [4.69, 9.17) is 16.3 Å². The highest BCUT2D eigenvalue weighted by atomic mass is 35.5. The molecule has 0 radical (unpaired) electrons. The summed E-state index contributed by atoms with van der Waals surface area (Å²) in [6.45, 7) is 3.45. The van der Waals surface area contributed by atoms with Gasteiger partial charge in [0.1, 0.15) is 0 Å². The maximum Gasteiger partial charge on any atom is 0.0928 e. The fourth-order valence-electron chi connectivity index (χ4n) is 2.25. The molecule has 1 aliphatic rings. The number of likely N-dealkylation sites (tertiary alicyclic amines) is 1. The quantitative estimate of drug-likeness (QED) is 0.706. The van der Waals surface area contributed by atoms with Gasteiger partial charge in [-0.3, -0.25) is 4.90 Å². The largest absolute Gasteiger partial charge is 0.389 e. The van der Waals surface area contributed by atoms with E-state index in [-0.39, 0.29) is 12.1 Å². The second-order valence-corrected chi connectivity index (χ2v) is 4.32. The lowest BCUT2D eigenvalue weighted by Gasteiger charge is -2.30. The van der Waals surface area contributed by atoms with Crippen LogP contribution in [0.1, 0.15) is 19.8 Å². The van der Waals surface area contributed by atoms with Crippen LogP contribution in [0.2, 0.25) is 0 Å². The van der Waals surface area contributed by atoms with Gasteiger partial charge in [-0.15, -0.1) is 11.6 Å². The van der Waals surface area contributed by atoms with Crippen molar-refractivity contribution in [3.8, 4) is 0 Å². The standard InChI is InChI=1S/C10H20ClNO2/c1-8-3-4-9(10(13)7-14-2)12(8)6-5-11/h8-10,13H,3-7H2,1-2H3/t8-,9+,10?/m0/s1. The van der Waals surface area contributed by atoms with E-state index in [0.29, 0.717) is 18.5 Å². The second kappa shape index (κ2) is 5.91. The SMILES string of the molecule is COCC(O)[C@H]1CC[C@H](C)N1CCCl. The lowest BCUT2D eigenvalue weighted by molar-refractivity contribution is 0.00557. The molecule has 1 aliphatic heterocycles. The highest BCUT2D eigenvalue weighted by Gasteiger charge is 2.34. The van der Waals surface area contributed by atoms with Crippen molar-refractivity contribution in [2.45, 2.75) is 38.0 Å². The van der Waals surface area contributed by atoms with Crippen LogP contribution in [0.25, 0.3) is 0 Å². The average Bonchev–Trinajstić information content (AvgIpc) is 2.50. The van der Waals surface area contributed by atoms with Gasteiger partial charge in [-0.2, -0.15) is 0 Å². The van der Waals surface area contributed by atoms with Gasteiger partial charge in [-0.25, -0.2) is 0 Å². The summed E-state index contributed by atoms with van der Waals surface area (Å²) in [5.41, 5.74) is 0. The van der Waals surface area contributed by atoms with E-state index < -0.39 is 0 Å². The van der Waals surface area contributed by atoms with Crippen LogP contribution in [0.15, 0.2) is 0 Å². The van der Waals surface area contributed by atoms with Crippen molar-refractivity contribution in [3.63, 3.8) is 0 Å². The monoisotopic (exact) mass is 221 g/mol. The third kappa shape index (κ3) is 2.83. The number of nitrogens with zero attached hydrogens (tertiary/aromatic N) is 1. The first-order chi connectivity index (χ1) is 6.70. The van der Waals surface area contributed by atoms with Gasteiger partial charge in [-0.1, -0.05) is 0 Å². The molecule has 0 aromatic carbocycles. The minimum atomic E-state index is -0.381. The number of aliphatic hydroxyl groups is 1. The van der Waals surface area contributed by atoms with E-state index in [1.54, 1.807) is 7.11 Å². The number of rotatable bonds is 5. The summed E-state index contributed by atoms with van der Waals surface area (Å²) < 4.78 is 4.97. The minimum Gasteiger partial charge on any atom is -0.389 e. The van der Waals surface area contributed by atoms with Gasteiger partial charge in [0.15, 0.2) is 0 Å². The fourth-order valence-corrected chi connectivity index (χ4v) is 2.44. The highest BCUT2D eigenvalue weighted by molar-refractivity contribution is 6.18. The molecule has 0 spiro atoms. The molecule has 3 atom stereocenters. The Kier molecular flexibility index (Phi) is 5.17. The number of halogens is 1. The van der Waals surface area contributed by atoms with Gasteiger partial charge in [-0.05, 0) is 19.8 Å². The van der Waals surface area contributed by atoms with Crippen molar-refractivity contribution < 1.29 is 9.84 Å². The van der Waals surface area contributed by atoms with Gasteiger partial charge in [0.2, 0.25) is 0 Å². The molecular formula is C10H20ClNO2. The molecular weight excluding hydrogens is 202 g/mol. The van der Waals surface area contributed by atoms with Crippen LogP contribution in [0.5, 0.6) is 0 Å². The third-order valence-corrected chi connectivity index (χ3v) is 3.17. The van der Waals surface area contributed by atoms with Crippen LogP contribution < -0.4 is 0 Å². The Labute approximate surface area is 91.0 Å². The molecule has 0 saturated carbocycles. The second-order valence-electron chi connectivity index (χ2n) is 3.94. The molecule has 0 aliphatic carbocycles. The number of alkyl halides is 1. The van der Waals surface area contributed by atoms with Gasteiger partial charge < -0.3 is 9.84 Å². The summed E-state index contributed by atoms with van der Waals surface area (Å²) in [5.74, 6) is 0.626. The van der Waals surface area contributed by atoms with Crippen molar-refractivity contribution in [1.29, 1.82) is 0 Å². The Bertz CT molecular complexity index is 168. The van der Waals surface area contributed by atoms with E-state index >= 15 is 0 Å². The van der Waals surface area contributed by atoms with Crippen molar-refractivity contribution in [2.24, 2.45) is 0 Å². The van der Waals surface area contributed by atoms with Crippen LogP contribution in [-0.4, -0.2) is 54.3 Å². The Morgan fingerprint density at radius 3 is 2.86 bits per heavy atom. The summed E-state index contributed by atoms with van der Waals surface area (Å²) in [5, 5.41) is 9.85. The number of hydrogen-bond donors (Lipinski definition) is 1. The zero-order valence-electron chi connectivity index (χ0n) is 8.95. The molecule has 0 amide bonds. The van der Waals surface area contributed by atoms with Crippen LogP contribution in [0.3, 0.4) is 0 Å². The van der Waals surface area contributed by atoms with E-state index in [1.807, 2.05) is 0 Å². The number of methoxy groups -OCH3 is 1. The minimum absolute atomic E-state index is 0.226. The van der Waals surface area contributed by atoms with Crippen LogP contribution >= 0.6 is 11.6 Å². The van der Waals surface area contributed by atoms with Crippen molar-refractivity contribution in [1.82, 2.24) is 4.90 Å². The Morgan fingerprint density at radius 2 is 2.29 bits per heavy atom. The first-order valence-electron chi connectivity index (χ1n) is 5.19. The van der Waals surface area contributed by atoms with Crippen LogP contribution in [0, 0.1) is 0 Å². The zero-order valence-corrected chi connectivity index (χ0v) is 9.70. The first-order valence-corrected chi connectivity index (χ1v) is 5.72. The van der Waals surface area contributed by atoms with Gasteiger partial charge in [0, 0.05) is 31.6 Å². The van der Waals surface area contributed by atoms with E-state index in [0.717, 1.165) is 19.4 Å². The molecule has 1 fully saturated rings. The summed E-state index contributed by atoms with van der Waals surface area (Å²) >= 11 is 5.74. The molecule has 14 heavy (non-hydrogen) atoms. The van der Waals surface area contributed by atoms with Crippen molar-refractivity contribution in [2.75, 3.05) is 26.1 Å². The molecule has 0 bridgehead atoms. The third-order valence-electron chi connectivity index (χ3n) is 3.00. The van der Waals surface area contributed by atoms with E-state index in [9.17, 15) is 5.11 Å². The zero-order chi connectivity index (χ0) is 10.6. The van der Waals surface area contributed by atoms with Crippen molar-refractivity contribution in [3.05, 3.63) is 0 Å². The van der Waals surface area contributed by atoms with E-state index in [1.165, 1.54) is 0 Å². The summed E-state index contributed by atoms with van der Waals surface area (Å²) in [6.07, 6.45) is 1.80. The highest BCUT2D eigenvalue weighted by Crippen LogP contribution is 2.26. The molecule has 1 N–H and O–H groups in total. The maximum absolute atomic E-state index is 9.85. The van der Waals surface area contributed by atoms with Gasteiger partial charge in [0.05, 0.1) is 12.7 Å². The predicted molar refractivity (Wildman–Crippen MR) is 57.8 cm³/mol. The predicted octanol–water partition coefficient (Wildman–Crippen LogP) is 1.09. The summed E-state index contributed by atoms with van der Waals surface area (Å²) in [7, 11) is 1.62. The lowest BCUT2D eigenvalue weighted by atomic mass is 10.1. The molecule has 1 unspecified atom stereocenters. The summed E-state index contributed by atoms with van der Waals surface area (Å²) in [6, 6.07) is 0.758. The maximum atomic E-state index is 9.85. The van der Waals surface area contributed by atoms with Gasteiger partial charge >= 0.3 is 0 Å². The van der Waals surface area contributed by atoms with Crippen molar-refractivity contribution >= 4 is 11.6 Å². The molecule has 1 rings (SSSR count). The molecule has 1 heterocycles. The van der Waals surface area contributed by atoms with Crippen LogP contribution in [-0.2, 0) is 4.74 Å². The summed E-state index contributed by atoms with van der Waals surface area (Å²) in [4.78, 5) is 2.29. The van der Waals surface area contributed by atoms with Gasteiger partial charge in [0.25, 0.3) is 0 Å². The Morgan fingerprint density at radius 1 is 1.57 bits per heavy atom. The molecule has 4 heteroatoms. The average molecular weight is 222 g/mol. The molecule has 0 aromatic heterocycles. The molecule has 84 valence electrons. The Hall–Kier alpha value is 0.170. The topological polar surface area (TPSA) is 32.7 Å². The molecule has 0 aromatic rings. The number of aliphatic hydroxyl groups excluding tert-OH is 1. The first kappa shape index (κ1) is 12.2.